The summed E-state index contributed by atoms with van der Waals surface area (Å²) in [5, 5.41) is 7.72. The second kappa shape index (κ2) is 6.85. The van der Waals surface area contributed by atoms with E-state index in [9.17, 15) is 14.4 Å². The predicted octanol–water partition coefficient (Wildman–Crippen LogP) is 0.810. The van der Waals surface area contributed by atoms with Gasteiger partial charge in [-0.05, 0) is 50.5 Å². The summed E-state index contributed by atoms with van der Waals surface area (Å²) in [5.74, 6) is -0.207. The van der Waals surface area contributed by atoms with E-state index < -0.39 is 0 Å². The molecule has 1 saturated heterocycles. The quantitative estimate of drug-likeness (QED) is 0.867. The van der Waals surface area contributed by atoms with E-state index >= 15 is 0 Å². The lowest BCUT2D eigenvalue weighted by molar-refractivity contribution is -0.128. The van der Waals surface area contributed by atoms with Gasteiger partial charge in [-0.2, -0.15) is 5.10 Å². The van der Waals surface area contributed by atoms with Gasteiger partial charge in [0, 0.05) is 32.1 Å². The summed E-state index contributed by atoms with van der Waals surface area (Å²) in [4.78, 5) is 38.0. The van der Waals surface area contributed by atoms with Crippen molar-refractivity contribution in [2.45, 2.75) is 63.5 Å². The van der Waals surface area contributed by atoms with Crippen LogP contribution in [0.3, 0.4) is 0 Å². The Labute approximate surface area is 152 Å². The van der Waals surface area contributed by atoms with E-state index in [0.717, 1.165) is 56.2 Å². The van der Waals surface area contributed by atoms with Gasteiger partial charge in [0.25, 0.3) is 5.56 Å². The molecule has 1 unspecified atom stereocenters. The van der Waals surface area contributed by atoms with Crippen molar-refractivity contribution in [3.8, 4) is 0 Å². The van der Waals surface area contributed by atoms with Crippen LogP contribution >= 0.6 is 0 Å². The number of rotatable bonds is 3. The molecular formula is C19H26N4O3. The van der Waals surface area contributed by atoms with E-state index in [1.54, 1.807) is 22.7 Å². The van der Waals surface area contributed by atoms with E-state index in [-0.39, 0.29) is 35.4 Å². The molecule has 7 nitrogen and oxygen atoms in total. The lowest BCUT2D eigenvalue weighted by Gasteiger charge is -2.30. The van der Waals surface area contributed by atoms with Gasteiger partial charge < -0.3 is 10.2 Å². The van der Waals surface area contributed by atoms with Crippen LogP contribution < -0.4 is 10.9 Å². The maximum Gasteiger partial charge on any atom is 0.267 e. The van der Waals surface area contributed by atoms with Gasteiger partial charge in [0.1, 0.15) is 0 Å². The third kappa shape index (κ3) is 3.27. The Bertz CT molecular complexity index is 779. The summed E-state index contributed by atoms with van der Waals surface area (Å²) in [7, 11) is 1.74. The summed E-state index contributed by atoms with van der Waals surface area (Å²) in [6, 6.07) is 2.02. The van der Waals surface area contributed by atoms with Crippen molar-refractivity contribution < 1.29 is 9.59 Å². The Morgan fingerprint density at radius 2 is 1.96 bits per heavy atom. The molecule has 1 atom stereocenters. The molecule has 2 aliphatic carbocycles. The van der Waals surface area contributed by atoms with Crippen LogP contribution in [-0.2, 0) is 22.4 Å². The van der Waals surface area contributed by atoms with Crippen molar-refractivity contribution in [1.29, 1.82) is 0 Å². The molecule has 3 aliphatic rings. The number of aromatic nitrogens is 2. The minimum atomic E-state index is -0.230. The number of aryl methyl sites for hydroxylation is 2. The van der Waals surface area contributed by atoms with E-state index in [2.05, 4.69) is 10.4 Å². The minimum absolute atomic E-state index is 0.00522. The van der Waals surface area contributed by atoms with E-state index in [1.807, 2.05) is 0 Å². The van der Waals surface area contributed by atoms with Crippen LogP contribution in [0.15, 0.2) is 10.9 Å². The number of fused-ring (bicyclic) bond motifs is 1. The maximum absolute atomic E-state index is 12.4. The fourth-order valence-corrected chi connectivity index (χ4v) is 4.50. The number of hydrogen-bond donors (Lipinski definition) is 1. The zero-order valence-electron chi connectivity index (χ0n) is 15.2. The first-order chi connectivity index (χ1) is 12.5. The van der Waals surface area contributed by atoms with Crippen molar-refractivity contribution in [2.75, 3.05) is 13.6 Å². The lowest BCUT2D eigenvalue weighted by Crippen LogP contribution is -2.42. The Morgan fingerprint density at radius 1 is 1.19 bits per heavy atom. The molecule has 2 heterocycles. The number of hydrogen-bond acceptors (Lipinski definition) is 4. The standard InChI is InChI=1S/C19H26N4O3/c1-22-11-13(10-17(22)24)19(26)20-14-5-7-15(8-6-14)23-18(25)9-12-3-2-4-16(12)21-23/h9,13-15H,2-8,10-11H2,1H3,(H,20,26). The van der Waals surface area contributed by atoms with Crippen molar-refractivity contribution in [3.63, 3.8) is 0 Å². The third-order valence-corrected chi connectivity index (χ3v) is 6.08. The highest BCUT2D eigenvalue weighted by atomic mass is 16.2. The topological polar surface area (TPSA) is 84.3 Å². The molecule has 1 aromatic rings. The lowest BCUT2D eigenvalue weighted by atomic mass is 9.90. The molecule has 1 N–H and O–H groups in total. The molecular weight excluding hydrogens is 332 g/mol. The number of nitrogens with one attached hydrogen (secondary N) is 1. The van der Waals surface area contributed by atoms with Gasteiger partial charge in [0.05, 0.1) is 17.7 Å². The summed E-state index contributed by atoms with van der Waals surface area (Å²) in [6.07, 6.45) is 6.72. The highest BCUT2D eigenvalue weighted by molar-refractivity contribution is 5.89. The zero-order valence-corrected chi connectivity index (χ0v) is 15.2. The predicted molar refractivity (Wildman–Crippen MR) is 95.7 cm³/mol. The van der Waals surface area contributed by atoms with Gasteiger partial charge >= 0.3 is 0 Å². The zero-order chi connectivity index (χ0) is 18.3. The Morgan fingerprint density at radius 3 is 2.65 bits per heavy atom. The molecule has 0 radical (unpaired) electrons. The summed E-state index contributed by atoms with van der Waals surface area (Å²) < 4.78 is 1.67. The number of amides is 2. The minimum Gasteiger partial charge on any atom is -0.353 e. The van der Waals surface area contributed by atoms with Crippen LogP contribution in [0.1, 0.15) is 55.8 Å². The van der Waals surface area contributed by atoms with Crippen LogP contribution in [0, 0.1) is 5.92 Å². The first-order valence-electron chi connectivity index (χ1n) is 9.67. The Kier molecular flexibility index (Phi) is 4.54. The average Bonchev–Trinajstić information content (AvgIpc) is 3.21. The molecule has 0 bridgehead atoms. The molecule has 4 rings (SSSR count). The molecule has 1 aliphatic heterocycles. The summed E-state index contributed by atoms with van der Waals surface area (Å²) >= 11 is 0. The fourth-order valence-electron chi connectivity index (χ4n) is 4.50. The largest absolute Gasteiger partial charge is 0.353 e. The van der Waals surface area contributed by atoms with Gasteiger partial charge in [0.2, 0.25) is 11.8 Å². The first kappa shape index (κ1) is 17.2. The van der Waals surface area contributed by atoms with Crippen LogP contribution in [-0.4, -0.2) is 46.1 Å². The molecule has 140 valence electrons. The maximum atomic E-state index is 12.4. The second-order valence-electron chi connectivity index (χ2n) is 7.94. The number of carbonyl (C=O) groups is 2. The fraction of sp³-hybridized carbons (Fsp3) is 0.684. The normalized spacial score (nSPS) is 28.3. The highest BCUT2D eigenvalue weighted by Gasteiger charge is 2.34. The van der Waals surface area contributed by atoms with Crippen molar-refractivity contribution in [1.82, 2.24) is 20.0 Å². The molecule has 7 heteroatoms. The third-order valence-electron chi connectivity index (χ3n) is 6.08. The van der Waals surface area contributed by atoms with Crippen molar-refractivity contribution >= 4 is 11.8 Å². The van der Waals surface area contributed by atoms with Gasteiger partial charge in [-0.1, -0.05) is 0 Å². The second-order valence-corrected chi connectivity index (χ2v) is 7.94. The molecule has 1 saturated carbocycles. The molecule has 0 aromatic carbocycles. The van der Waals surface area contributed by atoms with Gasteiger partial charge in [-0.15, -0.1) is 0 Å². The molecule has 26 heavy (non-hydrogen) atoms. The van der Waals surface area contributed by atoms with Gasteiger partial charge in [-0.25, -0.2) is 4.68 Å². The Hall–Kier alpha value is -2.18. The van der Waals surface area contributed by atoms with Crippen LogP contribution in [0.4, 0.5) is 0 Å². The molecule has 1 aromatic heterocycles. The highest BCUT2D eigenvalue weighted by Crippen LogP contribution is 2.28. The van der Waals surface area contributed by atoms with Gasteiger partial charge in [0.15, 0.2) is 0 Å². The average molecular weight is 358 g/mol. The smallest absolute Gasteiger partial charge is 0.267 e. The monoisotopic (exact) mass is 358 g/mol. The Balaban J connectivity index is 1.34. The molecule has 2 amide bonds. The summed E-state index contributed by atoms with van der Waals surface area (Å²) in [6.45, 7) is 0.508. The SMILES string of the molecule is CN1CC(C(=O)NC2CCC(n3nc4c(cc3=O)CCC4)CC2)CC1=O. The van der Waals surface area contributed by atoms with Crippen molar-refractivity contribution in [2.24, 2.45) is 5.92 Å². The number of carbonyl (C=O) groups excluding carboxylic acids is 2. The number of likely N-dealkylation sites (tertiary alicyclic amines) is 1. The van der Waals surface area contributed by atoms with Crippen LogP contribution in [0.2, 0.25) is 0 Å². The van der Waals surface area contributed by atoms with Crippen LogP contribution in [0.25, 0.3) is 0 Å². The van der Waals surface area contributed by atoms with E-state index in [1.165, 1.54) is 0 Å². The van der Waals surface area contributed by atoms with E-state index in [4.69, 9.17) is 0 Å². The number of nitrogens with zero attached hydrogens (tertiary/aromatic N) is 3. The van der Waals surface area contributed by atoms with E-state index in [0.29, 0.717) is 13.0 Å². The molecule has 0 spiro atoms. The van der Waals surface area contributed by atoms with Crippen LogP contribution in [0.5, 0.6) is 0 Å². The van der Waals surface area contributed by atoms with Crippen molar-refractivity contribution in [3.05, 3.63) is 27.7 Å². The summed E-state index contributed by atoms with van der Waals surface area (Å²) in [5.41, 5.74) is 2.20. The molecule has 2 fully saturated rings. The first-order valence-corrected chi connectivity index (χ1v) is 9.67. The van der Waals surface area contributed by atoms with Gasteiger partial charge in [-0.3, -0.25) is 14.4 Å².